The maximum Gasteiger partial charge on any atom is 0.411 e. The van der Waals surface area contributed by atoms with Gasteiger partial charge in [-0.2, -0.15) is 13.2 Å². The van der Waals surface area contributed by atoms with E-state index in [1.54, 1.807) is 0 Å². The second-order valence-corrected chi connectivity index (χ2v) is 4.00. The molecule has 1 heterocycles. The quantitative estimate of drug-likeness (QED) is 0.571. The highest BCUT2D eigenvalue weighted by atomic mass is 35.5. The van der Waals surface area contributed by atoms with Crippen LogP contribution in [0.25, 0.3) is 0 Å². The fraction of sp³-hybridized carbons (Fsp3) is 0.800. The number of nitrogens with zero attached hydrogens (tertiary/aromatic N) is 3. The first-order chi connectivity index (χ1) is 8.48. The van der Waals surface area contributed by atoms with E-state index in [-0.39, 0.29) is 12.5 Å². The second-order valence-electron chi connectivity index (χ2n) is 3.74. The number of rotatable bonds is 7. The molecule has 0 saturated heterocycles. The first kappa shape index (κ1) is 15.2. The Labute approximate surface area is 108 Å². The predicted octanol–water partition coefficient (Wildman–Crippen LogP) is 2.55. The number of aromatic nitrogens is 3. The van der Waals surface area contributed by atoms with Gasteiger partial charge in [-0.25, -0.2) is 0 Å². The van der Waals surface area contributed by atoms with E-state index in [4.69, 9.17) is 11.6 Å². The van der Waals surface area contributed by atoms with Crippen LogP contribution in [0.4, 0.5) is 13.2 Å². The normalized spacial score (nSPS) is 12.1. The molecule has 0 radical (unpaired) electrons. The van der Waals surface area contributed by atoms with Crippen LogP contribution in [0.5, 0.6) is 0 Å². The smallest absolute Gasteiger partial charge is 0.372 e. The Morgan fingerprint density at radius 1 is 1.28 bits per heavy atom. The summed E-state index contributed by atoms with van der Waals surface area (Å²) in [7, 11) is 0. The molecule has 0 aliphatic carbocycles. The van der Waals surface area contributed by atoms with Crippen molar-refractivity contribution in [2.75, 3.05) is 13.2 Å². The Hall–Kier alpha value is -0.820. The zero-order valence-corrected chi connectivity index (χ0v) is 10.8. The lowest BCUT2D eigenvalue weighted by molar-refractivity contribution is -0.173. The van der Waals surface area contributed by atoms with E-state index in [0.717, 1.165) is 6.42 Å². The highest BCUT2D eigenvalue weighted by Crippen LogP contribution is 2.14. The van der Waals surface area contributed by atoms with Crippen LogP contribution in [-0.2, 0) is 23.6 Å². The summed E-state index contributed by atoms with van der Waals surface area (Å²) in [5.41, 5.74) is 0. The summed E-state index contributed by atoms with van der Waals surface area (Å²) in [5.74, 6) is 1.47. The van der Waals surface area contributed by atoms with Gasteiger partial charge in [0.15, 0.2) is 0 Å². The predicted molar refractivity (Wildman–Crippen MR) is 60.4 cm³/mol. The molecule has 0 bridgehead atoms. The highest BCUT2D eigenvalue weighted by molar-refractivity contribution is 6.16. The monoisotopic (exact) mass is 285 g/mol. The molecule has 0 aliphatic heterocycles. The van der Waals surface area contributed by atoms with Crippen LogP contribution >= 0.6 is 11.6 Å². The van der Waals surface area contributed by atoms with Crippen molar-refractivity contribution >= 4 is 11.6 Å². The average Bonchev–Trinajstić information content (AvgIpc) is 2.66. The molecule has 1 rings (SSSR count). The summed E-state index contributed by atoms with van der Waals surface area (Å²) in [5, 5.41) is 7.79. The molecule has 0 fully saturated rings. The molecular weight excluding hydrogens is 271 g/mol. The van der Waals surface area contributed by atoms with E-state index < -0.39 is 12.8 Å². The van der Waals surface area contributed by atoms with Gasteiger partial charge < -0.3 is 9.30 Å². The van der Waals surface area contributed by atoms with Crippen molar-refractivity contribution in [3.05, 3.63) is 11.6 Å². The second kappa shape index (κ2) is 6.94. The summed E-state index contributed by atoms with van der Waals surface area (Å²) in [6.45, 7) is 1.41. The zero-order chi connectivity index (χ0) is 13.6. The van der Waals surface area contributed by atoms with Gasteiger partial charge in [0.25, 0.3) is 0 Å². The van der Waals surface area contributed by atoms with Crippen LogP contribution in [0, 0.1) is 0 Å². The molecule has 104 valence electrons. The van der Waals surface area contributed by atoms with Crippen molar-refractivity contribution in [1.82, 2.24) is 14.8 Å². The van der Waals surface area contributed by atoms with Gasteiger partial charge in [-0.3, -0.25) is 0 Å². The highest BCUT2D eigenvalue weighted by Gasteiger charge is 2.27. The first-order valence-corrected chi connectivity index (χ1v) is 6.12. The largest absolute Gasteiger partial charge is 0.411 e. The summed E-state index contributed by atoms with van der Waals surface area (Å²) in [4.78, 5) is 0. The third-order valence-corrected chi connectivity index (χ3v) is 2.45. The standard InChI is InChI=1S/C10H15ClF3N3O/c1-2-4-17-8(15-16-9(17)6-11)3-5-18-7-10(12,13)14/h2-7H2,1H3. The molecule has 0 atom stereocenters. The van der Waals surface area contributed by atoms with Crippen molar-refractivity contribution in [2.24, 2.45) is 0 Å². The van der Waals surface area contributed by atoms with E-state index in [9.17, 15) is 13.2 Å². The van der Waals surface area contributed by atoms with Crippen LogP contribution in [0.1, 0.15) is 25.0 Å². The first-order valence-electron chi connectivity index (χ1n) is 5.59. The van der Waals surface area contributed by atoms with Gasteiger partial charge in [0, 0.05) is 13.0 Å². The Bertz CT molecular complexity index is 368. The van der Waals surface area contributed by atoms with Crippen LogP contribution in [-0.4, -0.2) is 34.2 Å². The molecule has 0 amide bonds. The van der Waals surface area contributed by atoms with E-state index in [1.165, 1.54) is 0 Å². The van der Waals surface area contributed by atoms with Gasteiger partial charge in [-0.1, -0.05) is 6.92 Å². The maximum atomic E-state index is 11.9. The molecule has 1 aromatic rings. The third-order valence-electron chi connectivity index (χ3n) is 2.21. The maximum absolute atomic E-state index is 11.9. The van der Waals surface area contributed by atoms with Gasteiger partial charge in [0.2, 0.25) is 0 Å². The lowest BCUT2D eigenvalue weighted by Crippen LogP contribution is -2.18. The third kappa shape index (κ3) is 4.81. The Morgan fingerprint density at radius 3 is 2.50 bits per heavy atom. The fourth-order valence-corrected chi connectivity index (χ4v) is 1.69. The summed E-state index contributed by atoms with van der Waals surface area (Å²) in [6, 6.07) is 0. The molecule has 18 heavy (non-hydrogen) atoms. The number of ether oxygens (including phenoxy) is 1. The Balaban J connectivity index is 2.49. The SMILES string of the molecule is CCCn1c(CCl)nnc1CCOCC(F)(F)F. The topological polar surface area (TPSA) is 39.9 Å². The zero-order valence-electron chi connectivity index (χ0n) is 10.0. The van der Waals surface area contributed by atoms with Crippen LogP contribution < -0.4 is 0 Å². The van der Waals surface area contributed by atoms with Crippen LogP contribution in [0.3, 0.4) is 0 Å². The molecule has 0 aromatic carbocycles. The molecule has 0 N–H and O–H groups in total. The van der Waals surface area contributed by atoms with Crippen molar-refractivity contribution < 1.29 is 17.9 Å². The van der Waals surface area contributed by atoms with Gasteiger partial charge in [0.1, 0.15) is 18.3 Å². The number of halogens is 4. The Kier molecular flexibility index (Phi) is 5.87. The molecule has 0 aliphatic rings. The minimum absolute atomic E-state index is 0.0381. The van der Waals surface area contributed by atoms with E-state index in [2.05, 4.69) is 14.9 Å². The van der Waals surface area contributed by atoms with E-state index in [0.29, 0.717) is 24.6 Å². The van der Waals surface area contributed by atoms with Crippen molar-refractivity contribution in [3.63, 3.8) is 0 Å². The minimum Gasteiger partial charge on any atom is -0.372 e. The van der Waals surface area contributed by atoms with E-state index >= 15 is 0 Å². The van der Waals surface area contributed by atoms with Crippen molar-refractivity contribution in [1.29, 1.82) is 0 Å². The van der Waals surface area contributed by atoms with Gasteiger partial charge >= 0.3 is 6.18 Å². The van der Waals surface area contributed by atoms with Gasteiger partial charge in [-0.05, 0) is 6.42 Å². The Morgan fingerprint density at radius 2 is 1.94 bits per heavy atom. The number of hydrogen-bond acceptors (Lipinski definition) is 3. The van der Waals surface area contributed by atoms with E-state index in [1.807, 2.05) is 11.5 Å². The molecular formula is C10H15ClF3N3O. The lowest BCUT2D eigenvalue weighted by atomic mass is 10.4. The van der Waals surface area contributed by atoms with Gasteiger partial charge in [0.05, 0.1) is 12.5 Å². The molecule has 0 spiro atoms. The molecule has 4 nitrogen and oxygen atoms in total. The summed E-state index contributed by atoms with van der Waals surface area (Å²) in [6.07, 6.45) is -3.13. The van der Waals surface area contributed by atoms with Gasteiger partial charge in [-0.15, -0.1) is 21.8 Å². The van der Waals surface area contributed by atoms with Crippen LogP contribution in [0.2, 0.25) is 0 Å². The lowest BCUT2D eigenvalue weighted by Gasteiger charge is -2.09. The summed E-state index contributed by atoms with van der Waals surface area (Å²) < 4.78 is 42.0. The summed E-state index contributed by atoms with van der Waals surface area (Å²) >= 11 is 5.70. The molecule has 0 unspecified atom stereocenters. The molecule has 1 aromatic heterocycles. The van der Waals surface area contributed by atoms with Crippen molar-refractivity contribution in [2.45, 2.75) is 38.4 Å². The van der Waals surface area contributed by atoms with Crippen molar-refractivity contribution in [3.8, 4) is 0 Å². The molecule has 0 saturated carbocycles. The number of alkyl halides is 4. The van der Waals surface area contributed by atoms with Crippen LogP contribution in [0.15, 0.2) is 0 Å². The number of hydrogen-bond donors (Lipinski definition) is 0. The fourth-order valence-electron chi connectivity index (χ4n) is 1.49. The molecule has 8 heteroatoms. The minimum atomic E-state index is -4.29. The average molecular weight is 286 g/mol.